The first-order valence-electron chi connectivity index (χ1n) is 10.7. The molecule has 0 aliphatic carbocycles. The monoisotopic (exact) mass is 478 g/mol. The fourth-order valence-corrected chi connectivity index (χ4v) is 4.70. The summed E-state index contributed by atoms with van der Waals surface area (Å²) in [6.45, 7) is 1.52. The van der Waals surface area contributed by atoms with Crippen LogP contribution in [0.1, 0.15) is 24.0 Å². The molecule has 2 aliphatic heterocycles. The summed E-state index contributed by atoms with van der Waals surface area (Å²) in [7, 11) is 0. The van der Waals surface area contributed by atoms with E-state index in [-0.39, 0.29) is 6.04 Å². The Bertz CT molecular complexity index is 940. The van der Waals surface area contributed by atoms with Gasteiger partial charge in [0, 0.05) is 10.0 Å². The minimum atomic E-state index is -0.762. The number of aliphatic carboxylic acids is 2. The average molecular weight is 479 g/mol. The highest BCUT2D eigenvalue weighted by Gasteiger charge is 2.30. The van der Waals surface area contributed by atoms with E-state index in [0.717, 1.165) is 41.5 Å². The van der Waals surface area contributed by atoms with Crippen molar-refractivity contribution in [3.05, 3.63) is 69.7 Å². The summed E-state index contributed by atoms with van der Waals surface area (Å²) in [6.07, 6.45) is 3.11. The Morgan fingerprint density at radius 3 is 1.97 bits per heavy atom. The lowest BCUT2D eigenvalue weighted by molar-refractivity contribution is -0.140. The zero-order valence-corrected chi connectivity index (χ0v) is 19.1. The first-order valence-corrected chi connectivity index (χ1v) is 11.5. The van der Waals surface area contributed by atoms with Crippen molar-refractivity contribution in [2.45, 2.75) is 37.8 Å². The number of hydrogen-bond donors (Lipinski definition) is 4. The molecule has 0 aromatic heterocycles. The van der Waals surface area contributed by atoms with E-state index in [1.54, 1.807) is 0 Å². The molecular weight excluding hydrogens is 451 g/mol. The molecule has 2 fully saturated rings. The molecule has 2 aliphatic rings. The van der Waals surface area contributed by atoms with Gasteiger partial charge in [0.15, 0.2) is 0 Å². The molecule has 0 bridgehead atoms. The molecule has 8 heteroatoms. The topological polar surface area (TPSA) is 98.7 Å². The van der Waals surface area contributed by atoms with Gasteiger partial charge in [-0.15, -0.1) is 0 Å². The van der Waals surface area contributed by atoms with Gasteiger partial charge in [0.1, 0.15) is 12.1 Å². The van der Waals surface area contributed by atoms with E-state index < -0.39 is 18.0 Å². The van der Waals surface area contributed by atoms with Gasteiger partial charge >= 0.3 is 11.9 Å². The van der Waals surface area contributed by atoms with Gasteiger partial charge in [-0.05, 0) is 79.9 Å². The van der Waals surface area contributed by atoms with Crippen LogP contribution in [0.25, 0.3) is 0 Å². The Morgan fingerprint density at radius 1 is 0.844 bits per heavy atom. The number of carboxylic acids is 2. The van der Waals surface area contributed by atoms with Crippen molar-refractivity contribution >= 4 is 35.1 Å². The van der Waals surface area contributed by atoms with Gasteiger partial charge in [0.05, 0.1) is 0 Å². The van der Waals surface area contributed by atoms with Crippen molar-refractivity contribution < 1.29 is 19.8 Å². The van der Waals surface area contributed by atoms with Crippen molar-refractivity contribution in [1.29, 1.82) is 0 Å². The number of rotatable bonds is 6. The standard InChI is InChI=1S/2C12H14ClNO2/c13-10-3-1-2-8(5-10)4-9-6-11(12(15)16)14-7-9;13-10-4-2-1-3-9(10)5-8-6-11(12(15)16)14-7-8/h1-3,5,9,11,14H,4,6-7H2,(H,15,16);1-4,8,11,14H,5-7H2,(H,15,16)/t9?,11-;8?,11-/m00/s1. The van der Waals surface area contributed by atoms with Gasteiger partial charge in [-0.2, -0.15) is 0 Å². The Labute approximate surface area is 197 Å². The molecule has 0 saturated carbocycles. The van der Waals surface area contributed by atoms with Gasteiger partial charge in [-0.25, -0.2) is 0 Å². The molecule has 32 heavy (non-hydrogen) atoms. The maximum atomic E-state index is 10.8. The van der Waals surface area contributed by atoms with E-state index in [0.29, 0.717) is 24.7 Å². The largest absolute Gasteiger partial charge is 0.480 e. The van der Waals surface area contributed by atoms with Crippen LogP contribution in [0.4, 0.5) is 0 Å². The molecule has 4 N–H and O–H groups in total. The predicted octanol–water partition coefficient (Wildman–Crippen LogP) is 3.89. The van der Waals surface area contributed by atoms with Gasteiger partial charge in [-0.1, -0.05) is 53.5 Å². The molecule has 2 unspecified atom stereocenters. The highest BCUT2D eigenvalue weighted by atomic mass is 35.5. The summed E-state index contributed by atoms with van der Waals surface area (Å²) in [5.74, 6) is -0.768. The van der Waals surface area contributed by atoms with Gasteiger partial charge in [0.25, 0.3) is 0 Å². The molecule has 0 amide bonds. The smallest absolute Gasteiger partial charge is 0.320 e. The minimum Gasteiger partial charge on any atom is -0.480 e. The van der Waals surface area contributed by atoms with Crippen LogP contribution in [0.15, 0.2) is 48.5 Å². The number of hydrogen-bond acceptors (Lipinski definition) is 4. The van der Waals surface area contributed by atoms with Gasteiger partial charge < -0.3 is 20.8 Å². The van der Waals surface area contributed by atoms with E-state index in [1.165, 1.54) is 5.56 Å². The Kier molecular flexibility index (Phi) is 8.93. The summed E-state index contributed by atoms with van der Waals surface area (Å²) in [5, 5.41) is 25.2. The third-order valence-electron chi connectivity index (χ3n) is 5.92. The average Bonchev–Trinajstić information content (AvgIpc) is 3.40. The van der Waals surface area contributed by atoms with Crippen molar-refractivity contribution in [3.8, 4) is 0 Å². The van der Waals surface area contributed by atoms with Gasteiger partial charge in [0.2, 0.25) is 0 Å². The lowest BCUT2D eigenvalue weighted by atomic mass is 9.97. The van der Waals surface area contributed by atoms with E-state index >= 15 is 0 Å². The van der Waals surface area contributed by atoms with E-state index in [4.69, 9.17) is 33.4 Å². The molecule has 0 spiro atoms. The minimum absolute atomic E-state index is 0.362. The Balaban J connectivity index is 0.000000181. The first-order chi connectivity index (χ1) is 15.3. The fraction of sp³-hybridized carbons (Fsp3) is 0.417. The molecule has 4 rings (SSSR count). The highest BCUT2D eigenvalue weighted by Crippen LogP contribution is 2.24. The second-order valence-corrected chi connectivity index (χ2v) is 9.27. The molecule has 2 aromatic carbocycles. The summed E-state index contributed by atoms with van der Waals surface area (Å²) < 4.78 is 0. The summed E-state index contributed by atoms with van der Waals surface area (Å²) in [6, 6.07) is 14.7. The maximum absolute atomic E-state index is 10.8. The second-order valence-electron chi connectivity index (χ2n) is 8.43. The van der Waals surface area contributed by atoms with Gasteiger partial charge in [-0.3, -0.25) is 9.59 Å². The van der Waals surface area contributed by atoms with Crippen LogP contribution in [0.5, 0.6) is 0 Å². The molecule has 172 valence electrons. The van der Waals surface area contributed by atoms with Crippen LogP contribution in [0.2, 0.25) is 10.0 Å². The quantitative estimate of drug-likeness (QED) is 0.502. The highest BCUT2D eigenvalue weighted by molar-refractivity contribution is 6.31. The van der Waals surface area contributed by atoms with Crippen molar-refractivity contribution in [3.63, 3.8) is 0 Å². The first kappa shape index (κ1) is 24.5. The van der Waals surface area contributed by atoms with Crippen LogP contribution in [0.3, 0.4) is 0 Å². The lowest BCUT2D eigenvalue weighted by Gasteiger charge is -2.09. The second kappa shape index (κ2) is 11.7. The molecule has 0 radical (unpaired) electrons. The zero-order chi connectivity index (χ0) is 23.1. The van der Waals surface area contributed by atoms with Crippen molar-refractivity contribution in [1.82, 2.24) is 10.6 Å². The van der Waals surface area contributed by atoms with Crippen molar-refractivity contribution in [2.24, 2.45) is 11.8 Å². The number of halogens is 2. The van der Waals surface area contributed by atoms with E-state index in [1.807, 2.05) is 48.5 Å². The third kappa shape index (κ3) is 7.20. The molecule has 2 heterocycles. The molecule has 2 aromatic rings. The summed E-state index contributed by atoms with van der Waals surface area (Å²) >= 11 is 12.0. The molecule has 2 saturated heterocycles. The molecule has 4 atom stereocenters. The van der Waals surface area contributed by atoms with Crippen LogP contribution < -0.4 is 10.6 Å². The molecular formula is C24H28Cl2N2O4. The van der Waals surface area contributed by atoms with Crippen molar-refractivity contribution in [2.75, 3.05) is 13.1 Å². The predicted molar refractivity (Wildman–Crippen MR) is 125 cm³/mol. The van der Waals surface area contributed by atoms with Crippen LogP contribution >= 0.6 is 23.2 Å². The lowest BCUT2D eigenvalue weighted by Crippen LogP contribution is -2.29. The Hall–Kier alpha value is -2.12. The SMILES string of the molecule is O=C(O)[C@@H]1CC(Cc2cccc(Cl)c2)CN1.O=C(O)[C@@H]1CC(Cc2ccccc2Cl)CN1. The normalized spacial score (nSPS) is 24.6. The Morgan fingerprint density at radius 2 is 1.44 bits per heavy atom. The summed E-state index contributed by atoms with van der Waals surface area (Å²) in [4.78, 5) is 21.5. The number of carboxylic acid groups (broad SMARTS) is 2. The van der Waals surface area contributed by atoms with Crippen LogP contribution in [0, 0.1) is 11.8 Å². The molecule has 6 nitrogen and oxygen atoms in total. The van der Waals surface area contributed by atoms with E-state index in [9.17, 15) is 9.59 Å². The number of benzene rings is 2. The van der Waals surface area contributed by atoms with Crippen LogP contribution in [-0.4, -0.2) is 47.3 Å². The maximum Gasteiger partial charge on any atom is 0.320 e. The zero-order valence-electron chi connectivity index (χ0n) is 17.6. The number of carbonyl (C=O) groups is 2. The van der Waals surface area contributed by atoms with E-state index in [2.05, 4.69) is 10.6 Å². The number of nitrogens with one attached hydrogen (secondary N) is 2. The van der Waals surface area contributed by atoms with Crippen LogP contribution in [-0.2, 0) is 22.4 Å². The summed E-state index contributed by atoms with van der Waals surface area (Å²) in [5.41, 5.74) is 2.27. The fourth-order valence-electron chi connectivity index (χ4n) is 4.28. The third-order valence-corrected chi connectivity index (χ3v) is 6.52.